The highest BCUT2D eigenvalue weighted by Gasteiger charge is 2.50. The van der Waals surface area contributed by atoms with Gasteiger partial charge in [-0.1, -0.05) is 80.3 Å². The van der Waals surface area contributed by atoms with Gasteiger partial charge in [-0.3, -0.25) is 14.5 Å². The van der Waals surface area contributed by atoms with E-state index in [1.807, 2.05) is 54.6 Å². The number of ether oxygens (including phenoxy) is 1. The third-order valence-electron chi connectivity index (χ3n) is 6.47. The SMILES string of the molecule is O=C1C2=Cc3ccccc3C3(CCCCCC3)OC2C(=O)N1Cc1ccccc1. The lowest BCUT2D eigenvalue weighted by molar-refractivity contribution is -0.152. The first-order valence-corrected chi connectivity index (χ1v) is 10.6. The molecule has 4 nitrogen and oxygen atoms in total. The molecule has 0 radical (unpaired) electrons. The van der Waals surface area contributed by atoms with Gasteiger partial charge in [0.1, 0.15) is 0 Å². The van der Waals surface area contributed by atoms with Crippen LogP contribution in [-0.2, 0) is 26.5 Å². The topological polar surface area (TPSA) is 46.6 Å². The summed E-state index contributed by atoms with van der Waals surface area (Å²) in [4.78, 5) is 27.9. The molecule has 1 unspecified atom stereocenters. The average molecular weight is 387 g/mol. The van der Waals surface area contributed by atoms with Gasteiger partial charge in [-0.05, 0) is 35.6 Å². The Kier molecular flexibility index (Phi) is 4.59. The van der Waals surface area contributed by atoms with Crippen LogP contribution in [-0.4, -0.2) is 22.8 Å². The van der Waals surface area contributed by atoms with E-state index in [2.05, 4.69) is 6.07 Å². The minimum Gasteiger partial charge on any atom is -0.352 e. The third-order valence-corrected chi connectivity index (χ3v) is 6.47. The molecular weight excluding hydrogens is 362 g/mol. The van der Waals surface area contributed by atoms with Gasteiger partial charge in [0.25, 0.3) is 11.8 Å². The summed E-state index contributed by atoms with van der Waals surface area (Å²) in [6.07, 6.45) is 7.39. The van der Waals surface area contributed by atoms with Crippen LogP contribution in [0.25, 0.3) is 6.08 Å². The first-order valence-electron chi connectivity index (χ1n) is 10.6. The van der Waals surface area contributed by atoms with Crippen molar-refractivity contribution < 1.29 is 14.3 Å². The summed E-state index contributed by atoms with van der Waals surface area (Å²) >= 11 is 0. The van der Waals surface area contributed by atoms with Crippen molar-refractivity contribution in [2.45, 2.75) is 56.8 Å². The van der Waals surface area contributed by atoms with E-state index in [4.69, 9.17) is 4.74 Å². The zero-order valence-corrected chi connectivity index (χ0v) is 16.5. The smallest absolute Gasteiger partial charge is 0.263 e. The number of benzene rings is 2. The maximum absolute atomic E-state index is 13.3. The van der Waals surface area contributed by atoms with Gasteiger partial charge in [-0.25, -0.2) is 0 Å². The molecule has 1 spiro atoms. The van der Waals surface area contributed by atoms with E-state index in [1.54, 1.807) is 0 Å². The first kappa shape index (κ1) is 18.3. The van der Waals surface area contributed by atoms with E-state index in [0.717, 1.165) is 42.4 Å². The van der Waals surface area contributed by atoms with E-state index >= 15 is 0 Å². The molecular formula is C25H25NO3. The Morgan fingerprint density at radius 1 is 0.897 bits per heavy atom. The van der Waals surface area contributed by atoms with Crippen molar-refractivity contribution in [1.82, 2.24) is 4.90 Å². The monoisotopic (exact) mass is 387 g/mol. The summed E-state index contributed by atoms with van der Waals surface area (Å²) in [5.41, 5.74) is 3.05. The normalized spacial score (nSPS) is 23.2. The summed E-state index contributed by atoms with van der Waals surface area (Å²) in [6, 6.07) is 17.8. The predicted octanol–water partition coefficient (Wildman–Crippen LogP) is 4.59. The van der Waals surface area contributed by atoms with Crippen LogP contribution >= 0.6 is 0 Å². The lowest BCUT2D eigenvalue weighted by Crippen LogP contribution is -2.38. The van der Waals surface area contributed by atoms with E-state index in [1.165, 1.54) is 17.7 Å². The van der Waals surface area contributed by atoms with Crippen LogP contribution in [0.3, 0.4) is 0 Å². The van der Waals surface area contributed by atoms with Crippen LogP contribution in [0.15, 0.2) is 60.2 Å². The lowest BCUT2D eigenvalue weighted by atomic mass is 9.83. The second-order valence-electron chi connectivity index (χ2n) is 8.31. The van der Waals surface area contributed by atoms with Crippen LogP contribution in [0.2, 0.25) is 0 Å². The third kappa shape index (κ3) is 3.12. The standard InChI is InChI=1S/C25H25NO3/c27-23-20-16-19-12-6-7-13-21(19)25(14-8-1-2-9-15-25)29-22(20)24(28)26(23)17-18-10-4-3-5-11-18/h3-7,10-13,16,22H,1-2,8-9,14-15,17H2. The molecule has 3 aliphatic rings. The maximum Gasteiger partial charge on any atom is 0.263 e. The molecule has 2 aromatic rings. The number of amides is 2. The fourth-order valence-corrected chi connectivity index (χ4v) is 4.99. The van der Waals surface area contributed by atoms with Crippen molar-refractivity contribution in [3.63, 3.8) is 0 Å². The maximum atomic E-state index is 13.3. The second kappa shape index (κ2) is 7.27. The Hall–Kier alpha value is -2.72. The number of carbonyl (C=O) groups excluding carboxylic acids is 2. The van der Waals surface area contributed by atoms with Crippen LogP contribution in [0.4, 0.5) is 0 Å². The van der Waals surface area contributed by atoms with Crippen LogP contribution in [0.1, 0.15) is 55.2 Å². The molecule has 2 fully saturated rings. The summed E-state index contributed by atoms with van der Waals surface area (Å²) < 4.78 is 6.64. The van der Waals surface area contributed by atoms with Crippen molar-refractivity contribution in [3.05, 3.63) is 76.9 Å². The molecule has 4 heteroatoms. The van der Waals surface area contributed by atoms with Gasteiger partial charge < -0.3 is 4.74 Å². The minimum absolute atomic E-state index is 0.232. The fraction of sp³-hybridized carbons (Fsp3) is 0.360. The Morgan fingerprint density at radius 3 is 2.34 bits per heavy atom. The summed E-state index contributed by atoms with van der Waals surface area (Å²) in [7, 11) is 0. The van der Waals surface area contributed by atoms with Gasteiger partial charge >= 0.3 is 0 Å². The van der Waals surface area contributed by atoms with Crippen molar-refractivity contribution in [3.8, 4) is 0 Å². The highest BCUT2D eigenvalue weighted by molar-refractivity contribution is 6.18. The van der Waals surface area contributed by atoms with Gasteiger partial charge in [-0.15, -0.1) is 0 Å². The quantitative estimate of drug-likeness (QED) is 0.708. The van der Waals surface area contributed by atoms with Crippen LogP contribution in [0.5, 0.6) is 0 Å². The number of hydrogen-bond acceptors (Lipinski definition) is 3. The zero-order valence-electron chi connectivity index (χ0n) is 16.5. The summed E-state index contributed by atoms with van der Waals surface area (Å²) in [5.74, 6) is -0.467. The predicted molar refractivity (Wildman–Crippen MR) is 111 cm³/mol. The fourth-order valence-electron chi connectivity index (χ4n) is 4.99. The molecule has 5 rings (SSSR count). The summed E-state index contributed by atoms with van der Waals surface area (Å²) in [6.45, 7) is 0.282. The van der Waals surface area contributed by atoms with Gasteiger partial charge in [0.05, 0.1) is 17.7 Å². The number of carbonyl (C=O) groups is 2. The lowest BCUT2D eigenvalue weighted by Gasteiger charge is -2.35. The highest BCUT2D eigenvalue weighted by Crippen LogP contribution is 2.46. The Labute approximate surface area is 171 Å². The number of hydrogen-bond donors (Lipinski definition) is 0. The molecule has 1 saturated carbocycles. The van der Waals surface area contributed by atoms with Crippen molar-refractivity contribution in [2.24, 2.45) is 0 Å². The second-order valence-corrected chi connectivity index (χ2v) is 8.31. The largest absolute Gasteiger partial charge is 0.352 e. The Bertz CT molecular complexity index is 971. The number of imide groups is 1. The first-order chi connectivity index (χ1) is 14.2. The van der Waals surface area contributed by atoms with E-state index in [9.17, 15) is 9.59 Å². The summed E-state index contributed by atoms with van der Waals surface area (Å²) in [5, 5.41) is 0. The molecule has 0 bridgehead atoms. The molecule has 2 aliphatic heterocycles. The number of nitrogens with zero attached hydrogens (tertiary/aromatic N) is 1. The highest BCUT2D eigenvalue weighted by atomic mass is 16.5. The van der Waals surface area contributed by atoms with Gasteiger partial charge in [0, 0.05) is 0 Å². The number of fused-ring (bicyclic) bond motifs is 3. The van der Waals surface area contributed by atoms with Gasteiger partial charge in [-0.2, -0.15) is 0 Å². The van der Waals surface area contributed by atoms with Crippen LogP contribution in [0, 0.1) is 0 Å². The molecule has 29 heavy (non-hydrogen) atoms. The molecule has 1 aliphatic carbocycles. The van der Waals surface area contributed by atoms with E-state index in [0.29, 0.717) is 5.57 Å². The minimum atomic E-state index is -0.809. The molecule has 1 atom stereocenters. The van der Waals surface area contributed by atoms with Gasteiger partial charge in [0.15, 0.2) is 6.10 Å². The molecule has 2 heterocycles. The van der Waals surface area contributed by atoms with Crippen molar-refractivity contribution in [2.75, 3.05) is 0 Å². The molecule has 2 amide bonds. The zero-order chi connectivity index (χ0) is 19.8. The molecule has 1 saturated heterocycles. The number of likely N-dealkylation sites (tertiary alicyclic amines) is 1. The molecule has 2 aromatic carbocycles. The Morgan fingerprint density at radius 2 is 1.59 bits per heavy atom. The number of rotatable bonds is 2. The molecule has 0 N–H and O–H groups in total. The van der Waals surface area contributed by atoms with Crippen molar-refractivity contribution in [1.29, 1.82) is 0 Å². The Balaban J connectivity index is 1.56. The van der Waals surface area contributed by atoms with Gasteiger partial charge in [0.2, 0.25) is 0 Å². The van der Waals surface area contributed by atoms with Crippen LogP contribution < -0.4 is 0 Å². The van der Waals surface area contributed by atoms with Crippen molar-refractivity contribution >= 4 is 17.9 Å². The average Bonchev–Trinajstić information content (AvgIpc) is 2.97. The molecule has 0 aromatic heterocycles. The van der Waals surface area contributed by atoms with E-state index in [-0.39, 0.29) is 18.4 Å². The van der Waals surface area contributed by atoms with E-state index < -0.39 is 11.7 Å². The molecule has 148 valence electrons.